The monoisotopic (exact) mass is 352 g/mol. The Bertz CT molecular complexity index is 747. The van der Waals surface area contributed by atoms with E-state index < -0.39 is 19.9 Å². The van der Waals surface area contributed by atoms with Crippen molar-refractivity contribution in [3.63, 3.8) is 0 Å². The van der Waals surface area contributed by atoms with Crippen LogP contribution < -0.4 is 10.5 Å². The van der Waals surface area contributed by atoms with Crippen molar-refractivity contribution in [1.29, 1.82) is 0 Å². The highest BCUT2D eigenvalue weighted by Crippen LogP contribution is 2.23. The number of aromatic carboxylic acids is 1. The second-order valence-electron chi connectivity index (χ2n) is 6.23. The molecule has 0 saturated heterocycles. The standard InChI is InChI=1S/C16H18ClFN2O2Si/c1-23(2,3)11-4-5-14(13(18)7-11)20-15-9-19-10(8-17)6-12(15)16(21)22/h4-7,9,20H,8H2,1-3H3,(H,21,22). The number of alkyl halides is 1. The number of benzene rings is 1. The van der Waals surface area contributed by atoms with Crippen LogP contribution in [0.4, 0.5) is 15.8 Å². The van der Waals surface area contributed by atoms with Crippen LogP contribution >= 0.6 is 11.6 Å². The molecule has 4 nitrogen and oxygen atoms in total. The summed E-state index contributed by atoms with van der Waals surface area (Å²) in [6.07, 6.45) is 1.35. The van der Waals surface area contributed by atoms with Crippen LogP contribution in [0.1, 0.15) is 16.1 Å². The summed E-state index contributed by atoms with van der Waals surface area (Å²) in [5.74, 6) is -1.43. The maximum absolute atomic E-state index is 14.3. The van der Waals surface area contributed by atoms with Gasteiger partial charge < -0.3 is 10.4 Å². The third-order valence-electron chi connectivity index (χ3n) is 3.43. The van der Waals surface area contributed by atoms with E-state index >= 15 is 0 Å². The molecule has 23 heavy (non-hydrogen) atoms. The van der Waals surface area contributed by atoms with E-state index in [1.165, 1.54) is 18.3 Å². The topological polar surface area (TPSA) is 62.2 Å². The van der Waals surface area contributed by atoms with Gasteiger partial charge in [-0.15, -0.1) is 11.6 Å². The zero-order chi connectivity index (χ0) is 17.2. The number of anilines is 2. The minimum atomic E-state index is -1.61. The SMILES string of the molecule is C[Si](C)(C)c1ccc(Nc2cnc(CCl)cc2C(=O)O)c(F)c1. The van der Waals surface area contributed by atoms with Crippen molar-refractivity contribution in [2.75, 3.05) is 5.32 Å². The Balaban J connectivity index is 2.38. The summed E-state index contributed by atoms with van der Waals surface area (Å²) >= 11 is 5.67. The summed E-state index contributed by atoms with van der Waals surface area (Å²) in [5.41, 5.74) is 0.898. The lowest BCUT2D eigenvalue weighted by molar-refractivity contribution is 0.0697. The molecule has 1 aromatic heterocycles. The van der Waals surface area contributed by atoms with Crippen molar-refractivity contribution < 1.29 is 14.3 Å². The largest absolute Gasteiger partial charge is 0.478 e. The first-order chi connectivity index (χ1) is 10.7. The van der Waals surface area contributed by atoms with Crippen LogP contribution in [0.3, 0.4) is 0 Å². The lowest BCUT2D eigenvalue weighted by atomic mass is 10.2. The molecule has 7 heteroatoms. The van der Waals surface area contributed by atoms with Crippen LogP contribution in [0.5, 0.6) is 0 Å². The molecule has 2 aromatic rings. The Morgan fingerprint density at radius 2 is 2.00 bits per heavy atom. The Hall–Kier alpha value is -1.92. The number of carboxylic acids is 1. The molecule has 0 amide bonds. The third kappa shape index (κ3) is 4.08. The van der Waals surface area contributed by atoms with Gasteiger partial charge >= 0.3 is 5.97 Å². The van der Waals surface area contributed by atoms with Gasteiger partial charge in [-0.25, -0.2) is 9.18 Å². The van der Waals surface area contributed by atoms with Crippen molar-refractivity contribution in [3.8, 4) is 0 Å². The van der Waals surface area contributed by atoms with Gasteiger partial charge in [-0.3, -0.25) is 4.98 Å². The smallest absolute Gasteiger partial charge is 0.337 e. The molecule has 0 bridgehead atoms. The zero-order valence-electron chi connectivity index (χ0n) is 13.2. The molecule has 0 aliphatic carbocycles. The van der Waals surface area contributed by atoms with E-state index in [4.69, 9.17) is 11.6 Å². The summed E-state index contributed by atoms with van der Waals surface area (Å²) in [6, 6.07) is 6.39. The van der Waals surface area contributed by atoms with Gasteiger partial charge in [0.25, 0.3) is 0 Å². The first-order valence-corrected chi connectivity index (χ1v) is 11.1. The Labute approximate surface area is 140 Å². The van der Waals surface area contributed by atoms with Gasteiger partial charge in [-0.1, -0.05) is 30.9 Å². The number of hydrogen-bond donors (Lipinski definition) is 2. The number of pyridine rings is 1. The molecule has 0 aliphatic heterocycles. The zero-order valence-corrected chi connectivity index (χ0v) is 14.9. The van der Waals surface area contributed by atoms with E-state index in [9.17, 15) is 14.3 Å². The van der Waals surface area contributed by atoms with E-state index in [0.717, 1.165) is 5.19 Å². The number of aromatic nitrogens is 1. The maximum Gasteiger partial charge on any atom is 0.337 e. The average Bonchev–Trinajstić information content (AvgIpc) is 2.48. The lowest BCUT2D eigenvalue weighted by Crippen LogP contribution is -2.37. The lowest BCUT2D eigenvalue weighted by Gasteiger charge is -2.18. The molecule has 1 aromatic carbocycles. The summed E-state index contributed by atoms with van der Waals surface area (Å²) in [5, 5.41) is 13.1. The Kier molecular flexibility index (Phi) is 5.06. The van der Waals surface area contributed by atoms with Crippen LogP contribution in [0.2, 0.25) is 19.6 Å². The predicted octanol–water partition coefficient (Wildman–Crippen LogP) is 3.95. The fraction of sp³-hybridized carbons (Fsp3) is 0.250. The molecule has 2 rings (SSSR count). The molecule has 0 saturated carbocycles. The van der Waals surface area contributed by atoms with E-state index in [-0.39, 0.29) is 22.8 Å². The van der Waals surface area contributed by atoms with Gasteiger partial charge in [0, 0.05) is 0 Å². The summed E-state index contributed by atoms with van der Waals surface area (Å²) in [4.78, 5) is 15.4. The summed E-state index contributed by atoms with van der Waals surface area (Å²) < 4.78 is 14.3. The average molecular weight is 353 g/mol. The van der Waals surface area contributed by atoms with E-state index in [1.807, 2.05) is 6.07 Å². The van der Waals surface area contributed by atoms with E-state index in [0.29, 0.717) is 5.69 Å². The van der Waals surface area contributed by atoms with Crippen LogP contribution in [-0.4, -0.2) is 24.1 Å². The van der Waals surface area contributed by atoms with Gasteiger partial charge in [0.05, 0.1) is 42.8 Å². The van der Waals surface area contributed by atoms with Gasteiger partial charge in [0.2, 0.25) is 0 Å². The molecule has 0 aliphatic rings. The first-order valence-electron chi connectivity index (χ1n) is 7.07. The second kappa shape index (κ2) is 6.68. The Morgan fingerprint density at radius 3 is 2.52 bits per heavy atom. The number of carbonyl (C=O) groups is 1. The van der Waals surface area contributed by atoms with Crippen LogP contribution in [0.25, 0.3) is 0 Å². The van der Waals surface area contributed by atoms with Crippen molar-refractivity contribution in [2.45, 2.75) is 25.5 Å². The molecule has 0 spiro atoms. The number of hydrogen-bond acceptors (Lipinski definition) is 3. The second-order valence-corrected chi connectivity index (χ2v) is 11.6. The number of nitrogens with zero attached hydrogens (tertiary/aromatic N) is 1. The van der Waals surface area contributed by atoms with E-state index in [1.54, 1.807) is 6.07 Å². The van der Waals surface area contributed by atoms with Gasteiger partial charge in [0.1, 0.15) is 5.82 Å². The normalized spacial score (nSPS) is 11.3. The number of nitrogens with one attached hydrogen (secondary N) is 1. The minimum Gasteiger partial charge on any atom is -0.478 e. The number of rotatable bonds is 5. The van der Waals surface area contributed by atoms with Crippen molar-refractivity contribution >= 4 is 42.2 Å². The summed E-state index contributed by atoms with van der Waals surface area (Å²) in [7, 11) is -1.61. The number of halogens is 2. The van der Waals surface area contributed by atoms with Crippen molar-refractivity contribution in [1.82, 2.24) is 4.98 Å². The molecular formula is C16H18ClFN2O2Si. The van der Waals surface area contributed by atoms with E-state index in [2.05, 4.69) is 29.9 Å². The highest BCUT2D eigenvalue weighted by molar-refractivity contribution is 6.88. The quantitative estimate of drug-likeness (QED) is 0.632. The van der Waals surface area contributed by atoms with Crippen LogP contribution in [0.15, 0.2) is 30.5 Å². The highest BCUT2D eigenvalue weighted by atomic mass is 35.5. The predicted molar refractivity (Wildman–Crippen MR) is 93.4 cm³/mol. The van der Waals surface area contributed by atoms with Gasteiger partial charge in [-0.2, -0.15) is 0 Å². The Morgan fingerprint density at radius 1 is 1.30 bits per heavy atom. The molecule has 0 radical (unpaired) electrons. The molecule has 0 atom stereocenters. The minimum absolute atomic E-state index is 0.00400. The molecule has 0 unspecified atom stereocenters. The fourth-order valence-corrected chi connectivity index (χ4v) is 3.37. The van der Waals surface area contributed by atoms with Gasteiger partial charge in [-0.05, 0) is 18.2 Å². The third-order valence-corrected chi connectivity index (χ3v) is 5.75. The molecular weight excluding hydrogens is 335 g/mol. The first kappa shape index (κ1) is 17.4. The molecule has 0 fully saturated rings. The molecule has 122 valence electrons. The summed E-state index contributed by atoms with van der Waals surface area (Å²) in [6.45, 7) is 6.39. The molecule has 1 heterocycles. The fourth-order valence-electron chi connectivity index (χ4n) is 2.08. The van der Waals surface area contributed by atoms with Gasteiger partial charge in [0.15, 0.2) is 0 Å². The van der Waals surface area contributed by atoms with Crippen LogP contribution in [-0.2, 0) is 5.88 Å². The van der Waals surface area contributed by atoms with Crippen LogP contribution in [0, 0.1) is 5.82 Å². The maximum atomic E-state index is 14.3. The highest BCUT2D eigenvalue weighted by Gasteiger charge is 2.19. The van der Waals surface area contributed by atoms with Crippen molar-refractivity contribution in [2.24, 2.45) is 0 Å². The molecule has 2 N–H and O–H groups in total. The number of carboxylic acid groups (broad SMARTS) is 1. The van der Waals surface area contributed by atoms with Crippen molar-refractivity contribution in [3.05, 3.63) is 47.5 Å².